The number of nitrogens with zero attached hydrogens (tertiary/aromatic N) is 1. The van der Waals surface area contributed by atoms with Crippen molar-refractivity contribution in [3.63, 3.8) is 0 Å². The number of aryl methyl sites for hydroxylation is 1. The molecule has 11 heteroatoms. The number of hydrogen-bond acceptors (Lipinski definition) is 8. The van der Waals surface area contributed by atoms with Gasteiger partial charge in [0.05, 0.1) is 6.26 Å². The molecule has 0 saturated carbocycles. The van der Waals surface area contributed by atoms with E-state index in [4.69, 9.17) is 23.3 Å². The van der Waals surface area contributed by atoms with Crippen LogP contribution in [0, 0.1) is 6.92 Å². The van der Waals surface area contributed by atoms with E-state index in [2.05, 4.69) is 9.62 Å². The Hall–Kier alpha value is -1.40. The van der Waals surface area contributed by atoms with Crippen LogP contribution in [0.1, 0.15) is 12.5 Å². The molecule has 0 aliphatic carbocycles. The number of nitrogen functional groups attached to an aromatic ring is 1. The average Bonchev–Trinajstić information content (AvgIpc) is 2.35. The van der Waals surface area contributed by atoms with Gasteiger partial charge in [-0.1, -0.05) is 0 Å². The van der Waals surface area contributed by atoms with E-state index in [0.717, 1.165) is 29.7 Å². The van der Waals surface area contributed by atoms with E-state index in [1.165, 1.54) is 0 Å². The average molecular weight is 367 g/mol. The number of benzene rings is 1. The Kier molecular flexibility index (Phi) is 8.48. The van der Waals surface area contributed by atoms with Crippen LogP contribution in [-0.4, -0.2) is 51.8 Å². The highest BCUT2D eigenvalue weighted by Gasteiger charge is 2.07. The first-order valence-corrected chi connectivity index (χ1v) is 9.78. The van der Waals surface area contributed by atoms with Gasteiger partial charge in [-0.15, -0.1) is 0 Å². The predicted octanol–water partition coefficient (Wildman–Crippen LogP) is -0.385. The molecular weight excluding hydrogens is 346 g/mol. The summed E-state index contributed by atoms with van der Waals surface area (Å²) in [6.07, 6.45) is 1.16. The fourth-order valence-corrected chi connectivity index (χ4v) is 2.15. The second-order valence-corrected chi connectivity index (χ2v) is 7.34. The van der Waals surface area contributed by atoms with Gasteiger partial charge in [0.25, 0.3) is 0 Å². The molecule has 134 valence electrons. The molecule has 1 aromatic rings. The van der Waals surface area contributed by atoms with Crippen molar-refractivity contribution in [1.82, 2.24) is 4.72 Å². The molecule has 0 aliphatic rings. The Morgan fingerprint density at radius 2 is 1.74 bits per heavy atom. The number of anilines is 2. The van der Waals surface area contributed by atoms with E-state index in [0.29, 0.717) is 13.1 Å². The van der Waals surface area contributed by atoms with Gasteiger partial charge in [-0.25, -0.2) is 13.1 Å². The minimum absolute atomic E-state index is 0.399. The summed E-state index contributed by atoms with van der Waals surface area (Å²) >= 11 is 0. The lowest BCUT2D eigenvalue weighted by Crippen LogP contribution is -2.34. The second-order valence-electron chi connectivity index (χ2n) is 4.70. The van der Waals surface area contributed by atoms with Crippen molar-refractivity contribution in [2.24, 2.45) is 0 Å². The Morgan fingerprint density at radius 3 is 2.13 bits per heavy atom. The largest absolute Gasteiger partial charge is 0.759 e. The number of hydrogen-bond donors (Lipinski definition) is 2. The van der Waals surface area contributed by atoms with Crippen molar-refractivity contribution in [1.29, 1.82) is 0 Å². The van der Waals surface area contributed by atoms with E-state index in [1.54, 1.807) is 0 Å². The minimum atomic E-state index is -5.17. The van der Waals surface area contributed by atoms with Crippen LogP contribution in [0.25, 0.3) is 0 Å². The highest BCUT2D eigenvalue weighted by molar-refractivity contribution is 7.88. The molecule has 0 radical (unpaired) electrons. The summed E-state index contributed by atoms with van der Waals surface area (Å²) in [4.78, 5) is 2.10. The van der Waals surface area contributed by atoms with Crippen LogP contribution in [-0.2, 0) is 20.4 Å². The lowest BCUT2D eigenvalue weighted by molar-refractivity contribution is 0.352. The fourth-order valence-electron chi connectivity index (χ4n) is 1.69. The number of sulfonamides is 1. The Bertz CT molecular complexity index is 696. The Morgan fingerprint density at radius 1 is 1.22 bits per heavy atom. The standard InChI is InChI=1S/C12H21N3O2S.H2O4S/c1-4-15(8-7-14-18(3,16)17)11-5-6-12(13)10(2)9-11;1-5(2,3)4/h5-6,9,14H,4,7-8,13H2,1-3H3;(H2,1,2,3,4)/p-2. The van der Waals surface area contributed by atoms with Crippen LogP contribution in [0.2, 0.25) is 0 Å². The molecule has 3 N–H and O–H groups in total. The third-order valence-corrected chi connectivity index (χ3v) is 3.47. The molecule has 9 nitrogen and oxygen atoms in total. The van der Waals surface area contributed by atoms with Gasteiger partial charge in [0, 0.05) is 41.4 Å². The number of likely N-dealkylation sites (N-methyl/N-ethyl adjacent to an activating group) is 1. The van der Waals surface area contributed by atoms with Gasteiger partial charge in [-0.3, -0.25) is 8.42 Å². The summed E-state index contributed by atoms with van der Waals surface area (Å²) in [5.74, 6) is 0. The first-order valence-electron chi connectivity index (χ1n) is 6.56. The third-order valence-electron chi connectivity index (χ3n) is 2.75. The fraction of sp³-hybridized carbons (Fsp3) is 0.500. The summed E-state index contributed by atoms with van der Waals surface area (Å²) in [7, 11) is -8.29. The van der Waals surface area contributed by atoms with Crippen LogP contribution in [0.3, 0.4) is 0 Å². The SMILES string of the molecule is CCN(CCNS(C)(=O)=O)c1ccc(N)c(C)c1.O=S(=O)([O-])[O-]. The maximum Gasteiger partial charge on any atom is 0.208 e. The summed E-state index contributed by atoms with van der Waals surface area (Å²) in [6, 6.07) is 5.84. The van der Waals surface area contributed by atoms with Crippen LogP contribution in [0.15, 0.2) is 18.2 Å². The normalized spacial score (nSPS) is 11.5. The quantitative estimate of drug-likeness (QED) is 0.391. The van der Waals surface area contributed by atoms with E-state index >= 15 is 0 Å². The molecule has 0 aliphatic heterocycles. The Balaban J connectivity index is 0.000000841. The number of nitrogens with one attached hydrogen (secondary N) is 1. The van der Waals surface area contributed by atoms with E-state index in [-0.39, 0.29) is 0 Å². The lowest BCUT2D eigenvalue weighted by atomic mass is 10.1. The van der Waals surface area contributed by atoms with Crippen LogP contribution in [0.5, 0.6) is 0 Å². The van der Waals surface area contributed by atoms with Crippen molar-refractivity contribution in [2.45, 2.75) is 13.8 Å². The number of rotatable bonds is 6. The van der Waals surface area contributed by atoms with Gasteiger partial charge in [0.15, 0.2) is 0 Å². The maximum absolute atomic E-state index is 11.0. The van der Waals surface area contributed by atoms with Crippen LogP contribution < -0.4 is 15.4 Å². The molecule has 0 aromatic heterocycles. The van der Waals surface area contributed by atoms with Crippen LogP contribution >= 0.6 is 0 Å². The Labute approximate surface area is 137 Å². The molecule has 1 aromatic carbocycles. The summed E-state index contributed by atoms with van der Waals surface area (Å²) < 4.78 is 58.6. The zero-order valence-corrected chi connectivity index (χ0v) is 14.8. The molecule has 1 rings (SSSR count). The van der Waals surface area contributed by atoms with Crippen molar-refractivity contribution < 1.29 is 25.9 Å². The zero-order chi connectivity index (χ0) is 18.3. The molecule has 23 heavy (non-hydrogen) atoms. The highest BCUT2D eigenvalue weighted by Crippen LogP contribution is 2.20. The first-order chi connectivity index (χ1) is 10.3. The maximum atomic E-state index is 11.0. The van der Waals surface area contributed by atoms with Gasteiger partial charge in [-0.05, 0) is 37.6 Å². The molecule has 0 saturated heterocycles. The van der Waals surface area contributed by atoms with Crippen LogP contribution in [0.4, 0.5) is 11.4 Å². The van der Waals surface area contributed by atoms with E-state index in [1.807, 2.05) is 32.0 Å². The molecule has 0 heterocycles. The van der Waals surface area contributed by atoms with Gasteiger partial charge in [0.1, 0.15) is 0 Å². The monoisotopic (exact) mass is 367 g/mol. The molecular formula is C12H21N3O6S2-2. The minimum Gasteiger partial charge on any atom is -0.759 e. The molecule has 0 atom stereocenters. The van der Waals surface area contributed by atoms with Crippen molar-refractivity contribution >= 4 is 31.8 Å². The van der Waals surface area contributed by atoms with Gasteiger partial charge in [0.2, 0.25) is 10.0 Å². The summed E-state index contributed by atoms with van der Waals surface area (Å²) in [6.45, 7) is 5.84. The van der Waals surface area contributed by atoms with E-state index < -0.39 is 20.4 Å². The number of nitrogens with two attached hydrogens (primary N) is 1. The third kappa shape index (κ3) is 11.8. The molecule has 0 spiro atoms. The van der Waals surface area contributed by atoms with Crippen molar-refractivity contribution in [3.05, 3.63) is 23.8 Å². The topological polar surface area (TPSA) is 156 Å². The highest BCUT2D eigenvalue weighted by atomic mass is 32.3. The smallest absolute Gasteiger partial charge is 0.208 e. The predicted molar refractivity (Wildman–Crippen MR) is 86.8 cm³/mol. The van der Waals surface area contributed by atoms with Gasteiger partial charge in [-0.2, -0.15) is 0 Å². The first kappa shape index (κ1) is 21.6. The van der Waals surface area contributed by atoms with Gasteiger partial charge >= 0.3 is 0 Å². The van der Waals surface area contributed by atoms with Crippen molar-refractivity contribution in [2.75, 3.05) is 36.5 Å². The molecule has 0 amide bonds. The second kappa shape index (κ2) is 9.03. The molecule has 0 fully saturated rings. The summed E-state index contributed by atoms with van der Waals surface area (Å²) in [5, 5.41) is 0. The summed E-state index contributed by atoms with van der Waals surface area (Å²) in [5.41, 5.74) is 8.63. The zero-order valence-electron chi connectivity index (χ0n) is 13.1. The van der Waals surface area contributed by atoms with E-state index in [9.17, 15) is 8.42 Å². The molecule has 0 unspecified atom stereocenters. The lowest BCUT2D eigenvalue weighted by Gasteiger charge is -2.23. The molecule has 0 bridgehead atoms. The van der Waals surface area contributed by atoms with Crippen molar-refractivity contribution in [3.8, 4) is 0 Å². The van der Waals surface area contributed by atoms with Gasteiger partial charge < -0.3 is 19.7 Å².